The predicted molar refractivity (Wildman–Crippen MR) is 142 cm³/mol. The predicted octanol–water partition coefficient (Wildman–Crippen LogP) is 3.67. The van der Waals surface area contributed by atoms with Crippen molar-refractivity contribution in [3.05, 3.63) is 63.1 Å². The van der Waals surface area contributed by atoms with Crippen LogP contribution in [0.2, 0.25) is 0 Å². The molecule has 2 aromatic rings. The second-order valence-electron chi connectivity index (χ2n) is 8.49. The first kappa shape index (κ1) is 25.1. The van der Waals surface area contributed by atoms with Gasteiger partial charge in [0.2, 0.25) is 11.6 Å². The summed E-state index contributed by atoms with van der Waals surface area (Å²) in [4.78, 5) is 23.0. The van der Waals surface area contributed by atoms with Crippen molar-refractivity contribution in [3.63, 3.8) is 0 Å². The van der Waals surface area contributed by atoms with E-state index in [-0.39, 0.29) is 11.6 Å². The number of hydrogen-bond donors (Lipinski definition) is 2. The van der Waals surface area contributed by atoms with E-state index in [0.29, 0.717) is 13.2 Å². The van der Waals surface area contributed by atoms with Gasteiger partial charge in [0.05, 0.1) is 24.4 Å². The van der Waals surface area contributed by atoms with E-state index in [0.717, 1.165) is 55.9 Å². The van der Waals surface area contributed by atoms with Crippen molar-refractivity contribution in [2.75, 3.05) is 55.5 Å². The number of ether oxygens (including phenoxy) is 1. The van der Waals surface area contributed by atoms with Crippen molar-refractivity contribution < 1.29 is 9.66 Å². The number of benzene rings is 1. The first-order valence-corrected chi connectivity index (χ1v) is 12.2. The van der Waals surface area contributed by atoms with Crippen LogP contribution in [0.3, 0.4) is 0 Å². The van der Waals surface area contributed by atoms with Crippen molar-refractivity contribution in [2.24, 2.45) is 5.10 Å². The summed E-state index contributed by atoms with van der Waals surface area (Å²) >= 11 is 0. The normalized spacial score (nSPS) is 17.3. The van der Waals surface area contributed by atoms with E-state index in [9.17, 15) is 10.1 Å². The Kier molecular flexibility index (Phi) is 8.11. The average molecular weight is 493 g/mol. The Balaban J connectivity index is 1.61. The molecule has 0 unspecified atom stereocenters. The van der Waals surface area contributed by atoms with Crippen LogP contribution in [0, 0.1) is 10.1 Å². The summed E-state index contributed by atoms with van der Waals surface area (Å²) in [6.45, 7) is 9.21. The molecular weight excluding hydrogens is 460 g/mol. The number of nitrogens with zero attached hydrogens (tertiary/aromatic N) is 6. The molecule has 0 spiro atoms. The van der Waals surface area contributed by atoms with E-state index in [2.05, 4.69) is 74.5 Å². The highest BCUT2D eigenvalue weighted by Gasteiger charge is 2.26. The molecule has 36 heavy (non-hydrogen) atoms. The molecule has 4 rings (SSSR count). The highest BCUT2D eigenvalue weighted by molar-refractivity contribution is 5.84. The molecule has 1 aromatic carbocycles. The van der Waals surface area contributed by atoms with E-state index in [1.165, 1.54) is 17.6 Å². The van der Waals surface area contributed by atoms with E-state index < -0.39 is 10.6 Å². The number of allylic oxidation sites excluding steroid dienone is 2. The molecule has 0 bridgehead atoms. The van der Waals surface area contributed by atoms with Crippen molar-refractivity contribution in [3.8, 4) is 0 Å². The van der Waals surface area contributed by atoms with Gasteiger partial charge in [0.1, 0.15) is 6.33 Å². The van der Waals surface area contributed by atoms with Crippen LogP contribution >= 0.6 is 0 Å². The topological polar surface area (TPSA) is 135 Å². The number of morpholine rings is 1. The summed E-state index contributed by atoms with van der Waals surface area (Å²) in [6, 6.07) is 8.64. The van der Waals surface area contributed by atoms with Gasteiger partial charge in [-0.25, -0.2) is 9.97 Å². The summed E-state index contributed by atoms with van der Waals surface area (Å²) in [6.07, 6.45) is 6.82. The van der Waals surface area contributed by atoms with Crippen molar-refractivity contribution in [2.45, 2.75) is 26.7 Å². The highest BCUT2D eigenvalue weighted by atomic mass is 16.6. The monoisotopic (exact) mass is 492 g/mol. The van der Waals surface area contributed by atoms with Gasteiger partial charge >= 0.3 is 5.69 Å². The fraction of sp³-hybridized carbons (Fsp3) is 0.400. The van der Waals surface area contributed by atoms with Crippen LogP contribution in [0.15, 0.2) is 52.5 Å². The van der Waals surface area contributed by atoms with E-state index in [1.807, 2.05) is 0 Å². The smallest absolute Gasteiger partial charge is 0.354 e. The van der Waals surface area contributed by atoms with Crippen LogP contribution in [-0.4, -0.2) is 65.4 Å². The van der Waals surface area contributed by atoms with E-state index in [4.69, 9.17) is 10.5 Å². The second-order valence-corrected chi connectivity index (χ2v) is 8.49. The lowest BCUT2D eigenvalue weighted by Gasteiger charge is -2.31. The lowest BCUT2D eigenvalue weighted by molar-refractivity contribution is -0.383. The van der Waals surface area contributed by atoms with Crippen LogP contribution in [0.1, 0.15) is 32.3 Å². The zero-order valence-corrected chi connectivity index (χ0v) is 20.7. The maximum absolute atomic E-state index is 11.3. The Labute approximate surface area is 210 Å². The number of rotatable bonds is 9. The minimum atomic E-state index is -0.618. The SMILES string of the molecule is CCN(CC)c1ccc(/C=C2/CCC(/C=N/Nc3ncnc(N)c3[N+](=O)[O-])=C2N2CCOCC2)cc1. The standard InChI is InChI=1S/C25H32N8O3/c1-3-31(4-2)21-9-5-18(6-10-21)15-19-7-8-20(22(19)32-11-13-36-14-12-32)16-29-30-25-23(33(34)35)24(26)27-17-28-25/h5-6,9-10,15-17H,3-4,7-8,11-14H2,1-2H3,(H3,26,27,28,30)/b19-15-,29-16+. The number of nitrogens with two attached hydrogens (primary N) is 1. The van der Waals surface area contributed by atoms with Gasteiger partial charge in [0.25, 0.3) is 0 Å². The van der Waals surface area contributed by atoms with Gasteiger partial charge in [-0.2, -0.15) is 5.10 Å². The molecule has 0 radical (unpaired) electrons. The van der Waals surface area contributed by atoms with Crippen molar-refractivity contribution in [1.82, 2.24) is 14.9 Å². The summed E-state index contributed by atoms with van der Waals surface area (Å²) in [5.74, 6) is -0.252. The number of anilines is 3. The number of aromatic nitrogens is 2. The maximum Gasteiger partial charge on any atom is 0.354 e. The van der Waals surface area contributed by atoms with Crippen LogP contribution in [0.5, 0.6) is 0 Å². The average Bonchev–Trinajstić information content (AvgIpc) is 3.28. The minimum absolute atomic E-state index is 0.0423. The largest absolute Gasteiger partial charge is 0.378 e. The Morgan fingerprint density at radius 2 is 1.92 bits per heavy atom. The van der Waals surface area contributed by atoms with E-state index >= 15 is 0 Å². The molecule has 1 aliphatic heterocycles. The molecular formula is C25H32N8O3. The third-order valence-electron chi connectivity index (χ3n) is 6.39. The number of nitrogens with one attached hydrogen (secondary N) is 1. The molecule has 0 atom stereocenters. The Hall–Kier alpha value is -3.99. The molecule has 2 aliphatic rings. The van der Waals surface area contributed by atoms with Crippen LogP contribution in [-0.2, 0) is 4.74 Å². The lowest BCUT2D eigenvalue weighted by atomic mass is 10.1. The summed E-state index contributed by atoms with van der Waals surface area (Å²) in [5, 5.41) is 15.6. The molecule has 0 amide bonds. The number of hydrogen-bond acceptors (Lipinski definition) is 10. The lowest BCUT2D eigenvalue weighted by Crippen LogP contribution is -2.36. The summed E-state index contributed by atoms with van der Waals surface area (Å²) in [5.41, 5.74) is 13.7. The quantitative estimate of drug-likeness (QED) is 0.305. The fourth-order valence-corrected chi connectivity index (χ4v) is 4.57. The Morgan fingerprint density at radius 3 is 2.58 bits per heavy atom. The maximum atomic E-state index is 11.3. The molecule has 1 aromatic heterocycles. The fourth-order valence-electron chi connectivity index (χ4n) is 4.57. The van der Waals surface area contributed by atoms with Gasteiger partial charge in [0.15, 0.2) is 0 Å². The van der Waals surface area contributed by atoms with Crippen LogP contribution in [0.25, 0.3) is 6.08 Å². The molecule has 3 N–H and O–H groups in total. The number of nitro groups is 1. The number of hydrazone groups is 1. The zero-order chi connectivity index (χ0) is 25.5. The first-order chi connectivity index (χ1) is 17.5. The van der Waals surface area contributed by atoms with Gasteiger partial charge in [-0.3, -0.25) is 15.5 Å². The van der Waals surface area contributed by atoms with E-state index in [1.54, 1.807) is 6.21 Å². The Bertz CT molecular complexity index is 1170. The molecule has 1 saturated heterocycles. The van der Waals surface area contributed by atoms with Gasteiger partial charge in [-0.15, -0.1) is 0 Å². The third kappa shape index (κ3) is 5.62. The molecule has 11 heteroatoms. The second kappa shape index (κ2) is 11.6. The van der Waals surface area contributed by atoms with Crippen LogP contribution < -0.4 is 16.1 Å². The van der Waals surface area contributed by atoms with Gasteiger partial charge < -0.3 is 20.3 Å². The molecule has 1 aliphatic carbocycles. The van der Waals surface area contributed by atoms with Gasteiger partial charge in [0, 0.05) is 37.6 Å². The molecule has 11 nitrogen and oxygen atoms in total. The van der Waals surface area contributed by atoms with Crippen LogP contribution in [0.4, 0.5) is 23.0 Å². The molecule has 190 valence electrons. The van der Waals surface area contributed by atoms with Crippen molar-refractivity contribution >= 4 is 35.3 Å². The van der Waals surface area contributed by atoms with Gasteiger partial charge in [-0.05, 0) is 61.6 Å². The molecule has 0 saturated carbocycles. The third-order valence-corrected chi connectivity index (χ3v) is 6.39. The van der Waals surface area contributed by atoms with Crippen molar-refractivity contribution in [1.29, 1.82) is 0 Å². The Morgan fingerprint density at radius 1 is 1.19 bits per heavy atom. The van der Waals surface area contributed by atoms with Gasteiger partial charge in [-0.1, -0.05) is 12.1 Å². The summed E-state index contributed by atoms with van der Waals surface area (Å²) in [7, 11) is 0. The zero-order valence-electron chi connectivity index (χ0n) is 20.7. The first-order valence-electron chi connectivity index (χ1n) is 12.2. The number of nitrogen functional groups attached to an aromatic ring is 1. The minimum Gasteiger partial charge on any atom is -0.378 e. The highest BCUT2D eigenvalue weighted by Crippen LogP contribution is 2.35. The molecule has 2 heterocycles. The molecule has 1 fully saturated rings. The summed E-state index contributed by atoms with van der Waals surface area (Å²) < 4.78 is 5.57.